The van der Waals surface area contributed by atoms with Crippen molar-refractivity contribution in [1.82, 2.24) is 9.97 Å². The average Bonchev–Trinajstić information content (AvgIpc) is 2.81. The Hall–Kier alpha value is -3.75. The number of nitrogens with zero attached hydrogens (tertiary/aromatic N) is 2. The highest BCUT2D eigenvalue weighted by Gasteiger charge is 2.37. The average molecular weight is 488 g/mol. The summed E-state index contributed by atoms with van der Waals surface area (Å²) >= 11 is 0. The topological polar surface area (TPSA) is 42.9 Å². The summed E-state index contributed by atoms with van der Waals surface area (Å²) < 4.78 is 80.1. The molecule has 0 aliphatic rings. The van der Waals surface area contributed by atoms with Crippen LogP contribution in [0.3, 0.4) is 0 Å². The van der Waals surface area contributed by atoms with Crippen LogP contribution in [0.5, 0.6) is 0 Å². The third kappa shape index (κ3) is 5.67. The van der Waals surface area contributed by atoms with E-state index in [1.54, 1.807) is 30.5 Å². The molecular weight excluding hydrogens is 470 g/mol. The van der Waals surface area contributed by atoms with Crippen LogP contribution in [0.15, 0.2) is 79.1 Å². The summed E-state index contributed by atoms with van der Waals surface area (Å²) in [7, 11) is 0. The monoisotopic (exact) mass is 488 g/mol. The van der Waals surface area contributed by atoms with E-state index in [-0.39, 0.29) is 24.2 Å². The Morgan fingerprint density at radius 1 is 0.800 bits per heavy atom. The zero-order chi connectivity index (χ0) is 25.2. The molecule has 0 amide bonds. The second-order valence-corrected chi connectivity index (χ2v) is 8.06. The number of aromatic nitrogens is 2. The molecule has 2 heterocycles. The van der Waals surface area contributed by atoms with Crippen LogP contribution in [0.4, 0.5) is 26.3 Å². The van der Waals surface area contributed by atoms with E-state index in [2.05, 4.69) is 9.97 Å². The number of hydrogen-bond acceptors (Lipinski definition) is 3. The molecule has 9 heteroatoms. The molecule has 0 saturated heterocycles. The third-order valence-electron chi connectivity index (χ3n) is 5.61. The lowest BCUT2D eigenvalue weighted by Crippen LogP contribution is -2.18. The predicted molar refractivity (Wildman–Crippen MR) is 118 cm³/mol. The van der Waals surface area contributed by atoms with Gasteiger partial charge in [-0.25, -0.2) is 0 Å². The summed E-state index contributed by atoms with van der Waals surface area (Å²) in [5, 5.41) is 0.807. The molecule has 0 spiro atoms. The minimum absolute atomic E-state index is 0.0594. The maximum Gasteiger partial charge on any atom is 0.418 e. The quantitative estimate of drug-likeness (QED) is 0.275. The Labute approximate surface area is 196 Å². The summed E-state index contributed by atoms with van der Waals surface area (Å²) in [5.41, 5.74) is -0.856. The Bertz CT molecular complexity index is 1350. The van der Waals surface area contributed by atoms with Gasteiger partial charge in [-0.2, -0.15) is 26.3 Å². The zero-order valence-corrected chi connectivity index (χ0v) is 18.1. The molecular formula is C26H18F6N2O. The maximum atomic E-state index is 13.7. The number of carbonyl (C=O) groups is 1. The minimum Gasteiger partial charge on any atom is -0.299 e. The number of rotatable bonds is 6. The largest absolute Gasteiger partial charge is 0.418 e. The highest BCUT2D eigenvalue weighted by molar-refractivity contribution is 5.85. The van der Waals surface area contributed by atoms with E-state index >= 15 is 0 Å². The number of fused-ring (bicyclic) bond motifs is 1. The van der Waals surface area contributed by atoms with Gasteiger partial charge in [-0.1, -0.05) is 24.3 Å². The third-order valence-corrected chi connectivity index (χ3v) is 5.61. The van der Waals surface area contributed by atoms with Crippen molar-refractivity contribution in [2.24, 2.45) is 0 Å². The molecule has 0 radical (unpaired) electrons. The summed E-state index contributed by atoms with van der Waals surface area (Å²) in [6.07, 6.45) is -6.97. The van der Waals surface area contributed by atoms with Crippen molar-refractivity contribution in [2.75, 3.05) is 0 Å². The van der Waals surface area contributed by atoms with Crippen LogP contribution in [0.25, 0.3) is 10.9 Å². The molecule has 0 saturated carbocycles. The molecule has 0 N–H and O–H groups in total. The van der Waals surface area contributed by atoms with Gasteiger partial charge in [0.05, 0.1) is 22.3 Å². The van der Waals surface area contributed by atoms with Crippen LogP contribution in [0.1, 0.15) is 40.3 Å². The molecule has 0 unspecified atom stereocenters. The van der Waals surface area contributed by atoms with E-state index in [1.165, 1.54) is 6.20 Å². The van der Waals surface area contributed by atoms with Gasteiger partial charge in [0.2, 0.25) is 0 Å². The summed E-state index contributed by atoms with van der Waals surface area (Å²) in [6, 6.07) is 14.5. The molecule has 1 atom stereocenters. The van der Waals surface area contributed by atoms with Gasteiger partial charge >= 0.3 is 12.4 Å². The second-order valence-electron chi connectivity index (χ2n) is 8.06. The first kappa shape index (κ1) is 24.4. The molecule has 0 fully saturated rings. The first-order valence-electron chi connectivity index (χ1n) is 10.6. The second kappa shape index (κ2) is 9.48. The highest BCUT2D eigenvalue weighted by Crippen LogP contribution is 2.39. The molecule has 0 aliphatic heterocycles. The molecule has 180 valence electrons. The zero-order valence-electron chi connectivity index (χ0n) is 18.1. The van der Waals surface area contributed by atoms with Crippen LogP contribution in [0, 0.1) is 0 Å². The Kier molecular flexibility index (Phi) is 6.60. The van der Waals surface area contributed by atoms with Gasteiger partial charge in [-0.05, 0) is 53.6 Å². The lowest BCUT2D eigenvalue weighted by Gasteiger charge is -2.21. The lowest BCUT2D eigenvalue weighted by atomic mass is 9.86. The van der Waals surface area contributed by atoms with E-state index < -0.39 is 35.1 Å². The predicted octanol–water partition coefficient (Wildman–Crippen LogP) is 7.00. The van der Waals surface area contributed by atoms with Crippen molar-refractivity contribution in [3.63, 3.8) is 0 Å². The molecule has 4 aromatic rings. The highest BCUT2D eigenvalue weighted by atomic mass is 19.4. The first-order chi connectivity index (χ1) is 16.5. The summed E-state index contributed by atoms with van der Waals surface area (Å²) in [4.78, 5) is 21.1. The number of halogens is 6. The van der Waals surface area contributed by atoms with Crippen molar-refractivity contribution in [2.45, 2.75) is 31.1 Å². The van der Waals surface area contributed by atoms with Crippen LogP contribution < -0.4 is 0 Å². The van der Waals surface area contributed by atoms with Crippen LogP contribution in [0.2, 0.25) is 0 Å². The maximum absolute atomic E-state index is 13.7. The molecule has 2 aromatic carbocycles. The smallest absolute Gasteiger partial charge is 0.299 e. The van der Waals surface area contributed by atoms with Crippen LogP contribution in [-0.2, 0) is 23.6 Å². The number of hydrogen-bond donors (Lipinski definition) is 0. The fourth-order valence-corrected chi connectivity index (χ4v) is 3.97. The Morgan fingerprint density at radius 2 is 1.49 bits per heavy atom. The van der Waals surface area contributed by atoms with Gasteiger partial charge in [0.1, 0.15) is 5.78 Å². The Balaban J connectivity index is 1.68. The molecule has 35 heavy (non-hydrogen) atoms. The summed E-state index contributed by atoms with van der Waals surface area (Å²) in [6.45, 7) is 0. The standard InChI is InChI=1S/C26H18F6N2O/c27-25(28,29)19-8-6-17(7-9-19)21(24-22(26(30,31)32)4-2-12-34-24)15-20(35)14-16-5-10-23-18(13-16)3-1-11-33-23/h1-13,21H,14-15H2/t21-/m0/s1. The number of carbonyl (C=O) groups excluding carboxylic acids is 1. The summed E-state index contributed by atoms with van der Waals surface area (Å²) in [5.74, 6) is -1.55. The van der Waals surface area contributed by atoms with Gasteiger partial charge in [0.25, 0.3) is 0 Å². The fraction of sp³-hybridized carbons (Fsp3) is 0.192. The van der Waals surface area contributed by atoms with E-state index in [4.69, 9.17) is 0 Å². The fourth-order valence-electron chi connectivity index (χ4n) is 3.97. The molecule has 4 rings (SSSR count). The van der Waals surface area contributed by atoms with Crippen molar-refractivity contribution >= 4 is 16.7 Å². The van der Waals surface area contributed by atoms with E-state index in [0.29, 0.717) is 5.56 Å². The molecule has 3 nitrogen and oxygen atoms in total. The number of pyridine rings is 2. The number of Topliss-reactive ketones (excluding diaryl/α,β-unsaturated/α-hetero) is 1. The van der Waals surface area contributed by atoms with Crippen LogP contribution in [-0.4, -0.2) is 15.8 Å². The van der Waals surface area contributed by atoms with E-state index in [9.17, 15) is 31.1 Å². The van der Waals surface area contributed by atoms with E-state index in [0.717, 1.165) is 47.3 Å². The minimum atomic E-state index is -4.75. The van der Waals surface area contributed by atoms with Gasteiger partial charge in [0, 0.05) is 36.5 Å². The van der Waals surface area contributed by atoms with Gasteiger partial charge in [0.15, 0.2) is 0 Å². The number of alkyl halides is 6. The number of ketones is 1. The van der Waals surface area contributed by atoms with Gasteiger partial charge in [-0.3, -0.25) is 14.8 Å². The van der Waals surface area contributed by atoms with Crippen molar-refractivity contribution in [3.05, 3.63) is 107 Å². The van der Waals surface area contributed by atoms with Gasteiger partial charge < -0.3 is 0 Å². The lowest BCUT2D eigenvalue weighted by molar-refractivity contribution is -0.139. The van der Waals surface area contributed by atoms with Gasteiger partial charge in [-0.15, -0.1) is 0 Å². The SMILES string of the molecule is O=C(Cc1ccc2ncccc2c1)C[C@@H](c1ccc(C(F)(F)F)cc1)c1ncccc1C(F)(F)F. The molecule has 2 aromatic heterocycles. The molecule has 0 aliphatic carbocycles. The number of benzene rings is 2. The van der Waals surface area contributed by atoms with Crippen molar-refractivity contribution in [3.8, 4) is 0 Å². The van der Waals surface area contributed by atoms with Crippen molar-refractivity contribution < 1.29 is 31.1 Å². The van der Waals surface area contributed by atoms with E-state index in [1.807, 2.05) is 6.07 Å². The normalized spacial score (nSPS) is 13.1. The van der Waals surface area contributed by atoms with Crippen LogP contribution >= 0.6 is 0 Å². The molecule has 0 bridgehead atoms. The van der Waals surface area contributed by atoms with Crippen molar-refractivity contribution in [1.29, 1.82) is 0 Å². The first-order valence-corrected chi connectivity index (χ1v) is 10.6. The Morgan fingerprint density at radius 3 is 2.17 bits per heavy atom.